The third-order valence-electron chi connectivity index (χ3n) is 3.14. The maximum absolute atomic E-state index is 6.19. The first-order chi connectivity index (χ1) is 9.60. The average molecular weight is 312 g/mol. The third kappa shape index (κ3) is 3.98. The molecule has 2 rings (SSSR count). The summed E-state index contributed by atoms with van der Waals surface area (Å²) in [6.45, 7) is 6.72. The van der Waals surface area contributed by atoms with Crippen molar-refractivity contribution in [1.82, 2.24) is 15.1 Å². The molecule has 0 radical (unpaired) electrons. The van der Waals surface area contributed by atoms with Gasteiger partial charge < -0.3 is 5.32 Å². The number of aromatic nitrogens is 2. The summed E-state index contributed by atoms with van der Waals surface area (Å²) in [7, 11) is 0. The van der Waals surface area contributed by atoms with Gasteiger partial charge in [-0.05, 0) is 37.6 Å². The van der Waals surface area contributed by atoms with Crippen molar-refractivity contribution in [3.8, 4) is 0 Å². The molecule has 1 heterocycles. The molecule has 1 aromatic carbocycles. The molecule has 0 aliphatic carbocycles. The van der Waals surface area contributed by atoms with Crippen molar-refractivity contribution in [2.45, 2.75) is 33.4 Å². The predicted octanol–water partition coefficient (Wildman–Crippen LogP) is 4.05. The summed E-state index contributed by atoms with van der Waals surface area (Å²) in [5.41, 5.74) is 3.30. The van der Waals surface area contributed by atoms with Crippen LogP contribution in [0.3, 0.4) is 0 Å². The van der Waals surface area contributed by atoms with Gasteiger partial charge in [0.1, 0.15) is 0 Å². The fraction of sp³-hybridized carbons (Fsp3) is 0.400. The summed E-state index contributed by atoms with van der Waals surface area (Å²) in [5, 5.41) is 9.25. The van der Waals surface area contributed by atoms with E-state index in [1.54, 1.807) is 6.07 Å². The van der Waals surface area contributed by atoms with Crippen LogP contribution in [0.4, 0.5) is 0 Å². The van der Waals surface area contributed by atoms with E-state index in [9.17, 15) is 0 Å². The van der Waals surface area contributed by atoms with E-state index in [0.29, 0.717) is 16.6 Å². The summed E-state index contributed by atoms with van der Waals surface area (Å²) in [4.78, 5) is 0. The normalized spacial score (nSPS) is 11.0. The fourth-order valence-electron chi connectivity index (χ4n) is 2.04. The van der Waals surface area contributed by atoms with Crippen molar-refractivity contribution in [3.05, 3.63) is 51.3 Å². The SMILES string of the molecule is CCCNCc1cn(Cc2ccc(Cl)cc2Cl)nc1C. The lowest BCUT2D eigenvalue weighted by Gasteiger charge is -2.05. The van der Waals surface area contributed by atoms with E-state index in [4.69, 9.17) is 23.2 Å². The lowest BCUT2D eigenvalue weighted by molar-refractivity contribution is 0.668. The second-order valence-corrected chi connectivity index (χ2v) is 5.69. The molecule has 0 saturated heterocycles. The Balaban J connectivity index is 2.08. The van der Waals surface area contributed by atoms with Gasteiger partial charge in [-0.3, -0.25) is 4.68 Å². The van der Waals surface area contributed by atoms with Gasteiger partial charge in [0, 0.05) is 28.4 Å². The van der Waals surface area contributed by atoms with Gasteiger partial charge in [0.25, 0.3) is 0 Å². The molecule has 1 aromatic heterocycles. The van der Waals surface area contributed by atoms with Crippen molar-refractivity contribution < 1.29 is 0 Å². The topological polar surface area (TPSA) is 29.9 Å². The van der Waals surface area contributed by atoms with Gasteiger partial charge in [0.15, 0.2) is 0 Å². The summed E-state index contributed by atoms with van der Waals surface area (Å²) >= 11 is 12.1. The molecule has 0 aliphatic rings. The van der Waals surface area contributed by atoms with Gasteiger partial charge in [0.2, 0.25) is 0 Å². The van der Waals surface area contributed by atoms with E-state index in [-0.39, 0.29) is 0 Å². The molecular formula is C15H19Cl2N3. The van der Waals surface area contributed by atoms with E-state index in [2.05, 4.69) is 23.5 Å². The Morgan fingerprint density at radius 2 is 2.05 bits per heavy atom. The number of nitrogens with zero attached hydrogens (tertiary/aromatic N) is 2. The molecular weight excluding hydrogens is 293 g/mol. The highest BCUT2D eigenvalue weighted by molar-refractivity contribution is 6.35. The van der Waals surface area contributed by atoms with Crippen molar-refractivity contribution in [2.24, 2.45) is 0 Å². The first kappa shape index (κ1) is 15.4. The number of benzene rings is 1. The van der Waals surface area contributed by atoms with Crippen LogP contribution < -0.4 is 5.32 Å². The van der Waals surface area contributed by atoms with Crippen LogP contribution >= 0.6 is 23.2 Å². The smallest absolute Gasteiger partial charge is 0.0674 e. The number of halogens is 2. The first-order valence-corrected chi connectivity index (χ1v) is 7.53. The van der Waals surface area contributed by atoms with Crippen molar-refractivity contribution >= 4 is 23.2 Å². The van der Waals surface area contributed by atoms with Gasteiger partial charge >= 0.3 is 0 Å². The first-order valence-electron chi connectivity index (χ1n) is 6.77. The van der Waals surface area contributed by atoms with Crippen LogP contribution in [0.25, 0.3) is 0 Å². The van der Waals surface area contributed by atoms with Crippen LogP contribution in [0.15, 0.2) is 24.4 Å². The van der Waals surface area contributed by atoms with Crippen molar-refractivity contribution in [1.29, 1.82) is 0 Å². The molecule has 0 saturated carbocycles. The molecule has 0 bridgehead atoms. The largest absolute Gasteiger partial charge is 0.313 e. The van der Waals surface area contributed by atoms with Gasteiger partial charge in [-0.2, -0.15) is 5.10 Å². The minimum Gasteiger partial charge on any atom is -0.313 e. The van der Waals surface area contributed by atoms with Crippen molar-refractivity contribution in [2.75, 3.05) is 6.54 Å². The van der Waals surface area contributed by atoms with Gasteiger partial charge in [-0.25, -0.2) is 0 Å². The monoisotopic (exact) mass is 311 g/mol. The lowest BCUT2D eigenvalue weighted by Crippen LogP contribution is -2.13. The third-order valence-corrected chi connectivity index (χ3v) is 3.72. The van der Waals surface area contributed by atoms with Crippen LogP contribution in [0.2, 0.25) is 10.0 Å². The van der Waals surface area contributed by atoms with Gasteiger partial charge in [0.05, 0.1) is 12.2 Å². The highest BCUT2D eigenvalue weighted by atomic mass is 35.5. The number of rotatable bonds is 6. The molecule has 5 heteroatoms. The highest BCUT2D eigenvalue weighted by Crippen LogP contribution is 2.22. The Morgan fingerprint density at radius 3 is 2.75 bits per heavy atom. The minimum atomic E-state index is 0.653. The van der Waals surface area contributed by atoms with Gasteiger partial charge in [-0.1, -0.05) is 36.2 Å². The maximum atomic E-state index is 6.19. The zero-order valence-electron chi connectivity index (χ0n) is 11.8. The molecule has 108 valence electrons. The highest BCUT2D eigenvalue weighted by Gasteiger charge is 2.07. The zero-order chi connectivity index (χ0) is 14.5. The Labute approximate surface area is 129 Å². The zero-order valence-corrected chi connectivity index (χ0v) is 13.3. The number of nitrogens with one attached hydrogen (secondary N) is 1. The van der Waals surface area contributed by atoms with Gasteiger partial charge in [-0.15, -0.1) is 0 Å². The van der Waals surface area contributed by atoms with E-state index >= 15 is 0 Å². The van der Waals surface area contributed by atoms with E-state index in [0.717, 1.165) is 30.8 Å². The molecule has 3 nitrogen and oxygen atoms in total. The minimum absolute atomic E-state index is 0.653. The Hall–Kier alpha value is -1.03. The summed E-state index contributed by atoms with van der Waals surface area (Å²) in [6, 6.07) is 5.55. The van der Waals surface area contributed by atoms with Crippen LogP contribution in [-0.2, 0) is 13.1 Å². The van der Waals surface area contributed by atoms with Crippen LogP contribution in [0.1, 0.15) is 30.2 Å². The summed E-state index contributed by atoms with van der Waals surface area (Å²) in [5.74, 6) is 0. The summed E-state index contributed by atoms with van der Waals surface area (Å²) < 4.78 is 1.92. The molecule has 0 fully saturated rings. The summed E-state index contributed by atoms with van der Waals surface area (Å²) in [6.07, 6.45) is 3.20. The molecule has 20 heavy (non-hydrogen) atoms. The van der Waals surface area contributed by atoms with E-state index in [1.165, 1.54) is 5.56 Å². The second kappa shape index (κ2) is 7.11. The predicted molar refractivity (Wildman–Crippen MR) is 84.5 cm³/mol. The quantitative estimate of drug-likeness (QED) is 0.816. The maximum Gasteiger partial charge on any atom is 0.0674 e. The van der Waals surface area contributed by atoms with Crippen molar-refractivity contribution in [3.63, 3.8) is 0 Å². The fourth-order valence-corrected chi connectivity index (χ4v) is 2.51. The molecule has 2 aromatic rings. The molecule has 0 atom stereocenters. The molecule has 1 N–H and O–H groups in total. The standard InChI is InChI=1S/C15H19Cl2N3/c1-3-6-18-8-13-10-20(19-11(13)2)9-12-4-5-14(16)7-15(12)17/h4-5,7,10,18H,3,6,8-9H2,1-2H3. The molecule has 0 amide bonds. The number of hydrogen-bond donors (Lipinski definition) is 1. The number of aryl methyl sites for hydroxylation is 1. The number of hydrogen-bond acceptors (Lipinski definition) is 2. The molecule has 0 unspecified atom stereocenters. The second-order valence-electron chi connectivity index (χ2n) is 4.85. The van der Waals surface area contributed by atoms with Crippen LogP contribution in [0, 0.1) is 6.92 Å². The average Bonchev–Trinajstić information content (AvgIpc) is 2.74. The lowest BCUT2D eigenvalue weighted by atomic mass is 10.2. The Kier molecular flexibility index (Phi) is 5.46. The Bertz CT molecular complexity index is 578. The van der Waals surface area contributed by atoms with Crippen LogP contribution in [0.5, 0.6) is 0 Å². The van der Waals surface area contributed by atoms with E-state index in [1.807, 2.05) is 23.7 Å². The molecule has 0 aliphatic heterocycles. The van der Waals surface area contributed by atoms with E-state index < -0.39 is 0 Å². The Morgan fingerprint density at radius 1 is 1.25 bits per heavy atom. The van der Waals surface area contributed by atoms with Crippen LogP contribution in [-0.4, -0.2) is 16.3 Å². The molecule has 0 spiro atoms.